The van der Waals surface area contributed by atoms with Crippen molar-refractivity contribution in [1.82, 2.24) is 14.3 Å². The van der Waals surface area contributed by atoms with E-state index in [0.717, 1.165) is 33.7 Å². The van der Waals surface area contributed by atoms with Crippen LogP contribution >= 0.6 is 11.3 Å². The van der Waals surface area contributed by atoms with Gasteiger partial charge in [-0.05, 0) is 49.4 Å². The molecule has 1 saturated heterocycles. The fourth-order valence-electron chi connectivity index (χ4n) is 4.34. The Balaban J connectivity index is 1.23. The van der Waals surface area contributed by atoms with Crippen molar-refractivity contribution in [2.75, 3.05) is 37.7 Å². The number of aromatic nitrogens is 2. The second-order valence-electron chi connectivity index (χ2n) is 8.56. The Kier molecular flexibility index (Phi) is 6.61. The summed E-state index contributed by atoms with van der Waals surface area (Å²) in [5.41, 5.74) is 2.53. The molecule has 3 heterocycles. The minimum absolute atomic E-state index is 0.00490. The maximum Gasteiger partial charge on any atom is 0.416 e. The number of piperazine rings is 1. The predicted octanol–water partition coefficient (Wildman–Crippen LogP) is 5.37. The lowest BCUT2D eigenvalue weighted by atomic mass is 10.1. The number of benzene rings is 2. The van der Waals surface area contributed by atoms with Crippen molar-refractivity contribution in [3.63, 3.8) is 0 Å². The Labute approximate surface area is 210 Å². The third-order valence-electron chi connectivity index (χ3n) is 6.25. The standard InChI is InChI=1S/C26H25F3N4O2S/c1-2-35-22-8-6-18(7-9-22)23-16-33-21(17-36-25(33)30-23)15-24(34)32-12-10-31(11-13-32)20-5-3-4-19(14-20)26(27,28)29/h3-9,14,16-17H,2,10-13,15H2,1H3. The normalized spacial score (nSPS) is 14.4. The number of alkyl halides is 3. The lowest BCUT2D eigenvalue weighted by molar-refractivity contribution is -0.137. The molecule has 0 saturated carbocycles. The number of halogens is 3. The molecule has 1 amide bonds. The molecule has 2 aromatic heterocycles. The van der Waals surface area contributed by atoms with Gasteiger partial charge in [-0.1, -0.05) is 6.07 Å². The molecule has 36 heavy (non-hydrogen) atoms. The van der Waals surface area contributed by atoms with Crippen LogP contribution in [0.25, 0.3) is 16.2 Å². The monoisotopic (exact) mass is 514 g/mol. The van der Waals surface area contributed by atoms with Gasteiger partial charge in [-0.25, -0.2) is 4.98 Å². The predicted molar refractivity (Wildman–Crippen MR) is 134 cm³/mol. The van der Waals surface area contributed by atoms with Crippen molar-refractivity contribution in [2.45, 2.75) is 19.5 Å². The van der Waals surface area contributed by atoms with E-state index in [4.69, 9.17) is 9.72 Å². The summed E-state index contributed by atoms with van der Waals surface area (Å²) in [4.78, 5) is 22.2. The van der Waals surface area contributed by atoms with Gasteiger partial charge in [-0.15, -0.1) is 11.3 Å². The number of ether oxygens (including phenoxy) is 1. The molecular weight excluding hydrogens is 489 g/mol. The SMILES string of the molecule is CCOc1ccc(-c2cn3c(CC(=O)N4CCN(c5cccc(C(F)(F)F)c5)CC4)csc3n2)cc1. The first kappa shape index (κ1) is 24.2. The first-order valence-electron chi connectivity index (χ1n) is 11.7. The number of rotatable bonds is 6. The molecule has 0 N–H and O–H groups in total. The van der Waals surface area contributed by atoms with Crippen LogP contribution in [0.2, 0.25) is 0 Å². The smallest absolute Gasteiger partial charge is 0.416 e. The van der Waals surface area contributed by atoms with E-state index in [-0.39, 0.29) is 12.3 Å². The fraction of sp³-hybridized carbons (Fsp3) is 0.308. The van der Waals surface area contributed by atoms with Gasteiger partial charge < -0.3 is 14.5 Å². The summed E-state index contributed by atoms with van der Waals surface area (Å²) in [6.45, 7) is 4.44. The van der Waals surface area contributed by atoms with Crippen LogP contribution in [0, 0.1) is 0 Å². The van der Waals surface area contributed by atoms with Gasteiger partial charge in [0.15, 0.2) is 4.96 Å². The largest absolute Gasteiger partial charge is 0.494 e. The second-order valence-corrected chi connectivity index (χ2v) is 9.39. The molecule has 0 radical (unpaired) electrons. The Morgan fingerprint density at radius 1 is 1.08 bits per heavy atom. The molecule has 0 atom stereocenters. The van der Waals surface area contributed by atoms with Crippen molar-refractivity contribution in [2.24, 2.45) is 0 Å². The highest BCUT2D eigenvalue weighted by Crippen LogP contribution is 2.32. The van der Waals surface area contributed by atoms with Gasteiger partial charge in [0.05, 0.1) is 24.3 Å². The zero-order valence-electron chi connectivity index (χ0n) is 19.7. The molecule has 2 aromatic carbocycles. The molecule has 0 spiro atoms. The van der Waals surface area contributed by atoms with Gasteiger partial charge in [0, 0.05) is 54.7 Å². The first-order valence-corrected chi connectivity index (χ1v) is 12.6. The number of carbonyl (C=O) groups is 1. The minimum Gasteiger partial charge on any atom is -0.494 e. The summed E-state index contributed by atoms with van der Waals surface area (Å²) >= 11 is 1.49. The second kappa shape index (κ2) is 9.85. The van der Waals surface area contributed by atoms with Crippen LogP contribution in [0.3, 0.4) is 0 Å². The number of imidazole rings is 1. The molecule has 1 aliphatic rings. The number of amides is 1. The summed E-state index contributed by atoms with van der Waals surface area (Å²) in [5, 5.41) is 1.95. The van der Waals surface area contributed by atoms with Crippen LogP contribution in [0.15, 0.2) is 60.1 Å². The van der Waals surface area contributed by atoms with E-state index in [2.05, 4.69) is 0 Å². The zero-order chi connectivity index (χ0) is 25.3. The number of carbonyl (C=O) groups excluding carboxylic acids is 1. The number of anilines is 1. The lowest BCUT2D eigenvalue weighted by Gasteiger charge is -2.36. The van der Waals surface area contributed by atoms with Gasteiger partial charge in [-0.2, -0.15) is 13.2 Å². The topological polar surface area (TPSA) is 50.1 Å². The average molecular weight is 515 g/mol. The first-order chi connectivity index (χ1) is 17.3. The van der Waals surface area contributed by atoms with Crippen molar-refractivity contribution in [1.29, 1.82) is 0 Å². The van der Waals surface area contributed by atoms with Crippen molar-refractivity contribution < 1.29 is 22.7 Å². The fourth-order valence-corrected chi connectivity index (χ4v) is 5.22. The number of hydrogen-bond donors (Lipinski definition) is 0. The van der Waals surface area contributed by atoms with Crippen LogP contribution in [-0.4, -0.2) is 53.0 Å². The lowest BCUT2D eigenvalue weighted by Crippen LogP contribution is -2.49. The molecular formula is C26H25F3N4O2S. The van der Waals surface area contributed by atoms with Crippen molar-refractivity contribution in [3.8, 4) is 17.0 Å². The van der Waals surface area contributed by atoms with E-state index in [1.165, 1.54) is 23.5 Å². The van der Waals surface area contributed by atoms with Crippen LogP contribution in [0.4, 0.5) is 18.9 Å². The molecule has 4 aromatic rings. The van der Waals surface area contributed by atoms with Crippen molar-refractivity contribution in [3.05, 3.63) is 71.4 Å². The van der Waals surface area contributed by atoms with Crippen LogP contribution in [-0.2, 0) is 17.4 Å². The molecule has 188 valence electrons. The average Bonchev–Trinajstić information content (AvgIpc) is 3.46. The molecule has 0 unspecified atom stereocenters. The maximum absolute atomic E-state index is 13.1. The number of fused-ring (bicyclic) bond motifs is 1. The van der Waals surface area contributed by atoms with Gasteiger partial charge in [0.2, 0.25) is 5.91 Å². The quantitative estimate of drug-likeness (QED) is 0.347. The Bertz CT molecular complexity index is 1360. The summed E-state index contributed by atoms with van der Waals surface area (Å²) in [7, 11) is 0. The maximum atomic E-state index is 13.1. The molecule has 5 rings (SSSR count). The highest BCUT2D eigenvalue weighted by atomic mass is 32.1. The van der Waals surface area contributed by atoms with Gasteiger partial charge >= 0.3 is 6.18 Å². The van der Waals surface area contributed by atoms with E-state index < -0.39 is 11.7 Å². The van der Waals surface area contributed by atoms with Crippen LogP contribution in [0.5, 0.6) is 5.75 Å². The summed E-state index contributed by atoms with van der Waals surface area (Å²) in [5.74, 6) is 0.802. The Hall–Kier alpha value is -3.53. The highest BCUT2D eigenvalue weighted by molar-refractivity contribution is 7.15. The van der Waals surface area contributed by atoms with Gasteiger partial charge in [0.25, 0.3) is 0 Å². The van der Waals surface area contributed by atoms with E-state index in [0.29, 0.717) is 38.5 Å². The summed E-state index contributed by atoms with van der Waals surface area (Å²) in [6.07, 6.45) is -2.20. The van der Waals surface area contributed by atoms with Crippen LogP contribution in [0.1, 0.15) is 18.2 Å². The molecule has 1 aliphatic heterocycles. The number of thiazole rings is 1. The zero-order valence-corrected chi connectivity index (χ0v) is 20.5. The third kappa shape index (κ3) is 5.04. The van der Waals surface area contributed by atoms with E-state index in [9.17, 15) is 18.0 Å². The van der Waals surface area contributed by atoms with Crippen molar-refractivity contribution >= 4 is 27.9 Å². The molecule has 1 fully saturated rings. The molecule has 0 bridgehead atoms. The molecule has 6 nitrogen and oxygen atoms in total. The molecule has 10 heteroatoms. The van der Waals surface area contributed by atoms with E-state index in [1.54, 1.807) is 11.0 Å². The Morgan fingerprint density at radius 3 is 2.53 bits per heavy atom. The minimum atomic E-state index is -4.38. The van der Waals surface area contributed by atoms with Gasteiger partial charge in [-0.3, -0.25) is 9.20 Å². The van der Waals surface area contributed by atoms with Crippen LogP contribution < -0.4 is 9.64 Å². The number of hydrogen-bond acceptors (Lipinski definition) is 5. The summed E-state index contributed by atoms with van der Waals surface area (Å²) < 4.78 is 46.6. The van der Waals surface area contributed by atoms with Gasteiger partial charge in [0.1, 0.15) is 5.75 Å². The van der Waals surface area contributed by atoms with E-state index in [1.807, 2.05) is 52.1 Å². The highest BCUT2D eigenvalue weighted by Gasteiger charge is 2.31. The third-order valence-corrected chi connectivity index (χ3v) is 7.14. The number of nitrogens with zero attached hydrogens (tertiary/aromatic N) is 4. The Morgan fingerprint density at radius 2 is 1.83 bits per heavy atom. The van der Waals surface area contributed by atoms with E-state index >= 15 is 0 Å². The summed E-state index contributed by atoms with van der Waals surface area (Å²) in [6, 6.07) is 13.1. The molecule has 0 aliphatic carbocycles.